The third-order valence-corrected chi connectivity index (χ3v) is 1.98. The molecule has 0 radical (unpaired) electrons. The predicted molar refractivity (Wildman–Crippen MR) is 42.9 cm³/mol. The van der Waals surface area contributed by atoms with Crippen LogP contribution in [0.5, 0.6) is 0 Å². The van der Waals surface area contributed by atoms with E-state index in [1.54, 1.807) is 0 Å². The van der Waals surface area contributed by atoms with E-state index in [9.17, 15) is 9.90 Å². The smallest absolute Gasteiger partial charge is 0.550 e. The molecule has 0 saturated carbocycles. The van der Waals surface area contributed by atoms with Crippen molar-refractivity contribution >= 4 is 5.97 Å². The van der Waals surface area contributed by atoms with Crippen LogP contribution in [0.15, 0.2) is 0 Å². The Hall–Kier alpha value is 1.11. The summed E-state index contributed by atoms with van der Waals surface area (Å²) in [5.74, 6) is -1.11. The molecule has 0 fully saturated rings. The summed E-state index contributed by atoms with van der Waals surface area (Å²) in [6.45, 7) is 4.01. The molecule has 3 heteroatoms. The fraction of sp³-hybridized carbons (Fsp3) is 0.889. The van der Waals surface area contributed by atoms with Gasteiger partial charge in [0.15, 0.2) is 0 Å². The molecule has 0 aromatic carbocycles. The van der Waals surface area contributed by atoms with Gasteiger partial charge in [0.05, 0.1) is 0 Å². The van der Waals surface area contributed by atoms with Crippen LogP contribution < -0.4 is 56.5 Å². The number of carboxylic acid groups (broad SMARTS) is 1. The Balaban J connectivity index is 0. The third kappa shape index (κ3) is 7.74. The first-order valence-electron chi connectivity index (χ1n) is 4.43. The number of carboxylic acids is 1. The standard InChI is InChI=1S/C9H18O2.K/c1-3-5-6-7-8(4-2)9(10)11;/h8H,3-7H2,1-2H3,(H,10,11);/q;+1/p-1. The van der Waals surface area contributed by atoms with Gasteiger partial charge in [-0.15, -0.1) is 0 Å². The molecule has 1 atom stereocenters. The van der Waals surface area contributed by atoms with Gasteiger partial charge in [0, 0.05) is 5.97 Å². The van der Waals surface area contributed by atoms with Gasteiger partial charge in [0.2, 0.25) is 0 Å². The normalized spacial score (nSPS) is 11.8. The summed E-state index contributed by atoms with van der Waals surface area (Å²) in [7, 11) is 0. The van der Waals surface area contributed by atoms with Crippen LogP contribution in [0, 0.1) is 5.92 Å². The summed E-state index contributed by atoms with van der Waals surface area (Å²) in [4.78, 5) is 10.4. The van der Waals surface area contributed by atoms with Gasteiger partial charge in [-0.05, 0) is 18.8 Å². The van der Waals surface area contributed by atoms with E-state index in [-0.39, 0.29) is 57.3 Å². The molecule has 0 aliphatic heterocycles. The van der Waals surface area contributed by atoms with Crippen LogP contribution in [0.1, 0.15) is 46.0 Å². The molecule has 0 aromatic heterocycles. The molecule has 0 rings (SSSR count). The minimum absolute atomic E-state index is 0. The number of aliphatic carboxylic acids is 1. The molecular formula is C9H17KO2. The van der Waals surface area contributed by atoms with E-state index in [0.29, 0.717) is 6.42 Å². The van der Waals surface area contributed by atoms with E-state index in [0.717, 1.165) is 25.7 Å². The van der Waals surface area contributed by atoms with Gasteiger partial charge in [-0.3, -0.25) is 0 Å². The SMILES string of the molecule is CCCCCC(CC)C(=O)[O-].[K+]. The van der Waals surface area contributed by atoms with Gasteiger partial charge >= 0.3 is 51.4 Å². The Morgan fingerprint density at radius 3 is 2.25 bits per heavy atom. The molecular weight excluding hydrogens is 179 g/mol. The Morgan fingerprint density at radius 2 is 1.92 bits per heavy atom. The first kappa shape index (κ1) is 15.6. The maximum atomic E-state index is 10.4. The molecule has 0 aliphatic rings. The number of hydrogen-bond donors (Lipinski definition) is 0. The van der Waals surface area contributed by atoms with Crippen molar-refractivity contribution < 1.29 is 61.3 Å². The van der Waals surface area contributed by atoms with Crippen LogP contribution in [0.2, 0.25) is 0 Å². The maximum absolute atomic E-state index is 10.4. The summed E-state index contributed by atoms with van der Waals surface area (Å²) >= 11 is 0. The van der Waals surface area contributed by atoms with Crippen molar-refractivity contribution in [1.82, 2.24) is 0 Å². The van der Waals surface area contributed by atoms with Crippen molar-refractivity contribution in [2.75, 3.05) is 0 Å². The van der Waals surface area contributed by atoms with Gasteiger partial charge in [-0.2, -0.15) is 0 Å². The number of unbranched alkanes of at least 4 members (excludes halogenated alkanes) is 2. The molecule has 0 aliphatic carbocycles. The van der Waals surface area contributed by atoms with Crippen LogP contribution in [0.3, 0.4) is 0 Å². The van der Waals surface area contributed by atoms with Gasteiger partial charge in [0.1, 0.15) is 0 Å². The van der Waals surface area contributed by atoms with Gasteiger partial charge in [-0.1, -0.05) is 33.1 Å². The maximum Gasteiger partial charge on any atom is 1.00 e. The van der Waals surface area contributed by atoms with Gasteiger partial charge in [0.25, 0.3) is 0 Å². The Labute approximate surface area is 118 Å². The number of carbonyl (C=O) groups is 1. The van der Waals surface area contributed by atoms with Gasteiger partial charge in [-0.25, -0.2) is 0 Å². The van der Waals surface area contributed by atoms with Crippen LogP contribution >= 0.6 is 0 Å². The second kappa shape index (κ2) is 10.2. The van der Waals surface area contributed by atoms with E-state index in [2.05, 4.69) is 6.92 Å². The van der Waals surface area contributed by atoms with Crippen molar-refractivity contribution in [1.29, 1.82) is 0 Å². The van der Waals surface area contributed by atoms with Crippen LogP contribution in [-0.2, 0) is 4.79 Å². The van der Waals surface area contributed by atoms with Crippen molar-refractivity contribution in [3.8, 4) is 0 Å². The Morgan fingerprint density at radius 1 is 1.33 bits per heavy atom. The van der Waals surface area contributed by atoms with E-state index in [1.807, 2.05) is 6.92 Å². The third-order valence-electron chi connectivity index (χ3n) is 1.98. The summed E-state index contributed by atoms with van der Waals surface area (Å²) in [5, 5.41) is 10.4. The average Bonchev–Trinajstić information content (AvgIpc) is 1.97. The first-order chi connectivity index (χ1) is 5.22. The van der Waals surface area contributed by atoms with E-state index in [1.165, 1.54) is 0 Å². The van der Waals surface area contributed by atoms with Crippen molar-refractivity contribution in [3.63, 3.8) is 0 Å². The average molecular weight is 196 g/mol. The molecule has 0 spiro atoms. The minimum Gasteiger partial charge on any atom is -0.550 e. The van der Waals surface area contributed by atoms with Crippen molar-refractivity contribution in [2.24, 2.45) is 5.92 Å². The van der Waals surface area contributed by atoms with E-state index in [4.69, 9.17) is 0 Å². The fourth-order valence-corrected chi connectivity index (χ4v) is 1.13. The number of carbonyl (C=O) groups excluding carboxylic acids is 1. The molecule has 0 bridgehead atoms. The zero-order chi connectivity index (χ0) is 8.69. The quantitative estimate of drug-likeness (QED) is 0.377. The zero-order valence-corrected chi connectivity index (χ0v) is 11.6. The van der Waals surface area contributed by atoms with Crippen LogP contribution in [-0.4, -0.2) is 5.97 Å². The van der Waals surface area contributed by atoms with Gasteiger partial charge < -0.3 is 9.90 Å². The molecule has 2 nitrogen and oxygen atoms in total. The van der Waals surface area contributed by atoms with Crippen LogP contribution in [0.4, 0.5) is 0 Å². The van der Waals surface area contributed by atoms with Crippen LogP contribution in [0.25, 0.3) is 0 Å². The fourth-order valence-electron chi connectivity index (χ4n) is 1.13. The first-order valence-corrected chi connectivity index (χ1v) is 4.43. The molecule has 0 heterocycles. The topological polar surface area (TPSA) is 40.1 Å². The summed E-state index contributed by atoms with van der Waals surface area (Å²) in [6, 6.07) is 0. The molecule has 0 N–H and O–H groups in total. The largest absolute Gasteiger partial charge is 1.00 e. The Bertz CT molecular complexity index is 115. The predicted octanol–water partition coefficient (Wildman–Crippen LogP) is -1.65. The zero-order valence-electron chi connectivity index (χ0n) is 8.43. The molecule has 0 saturated heterocycles. The van der Waals surface area contributed by atoms with E-state index < -0.39 is 5.97 Å². The number of hydrogen-bond acceptors (Lipinski definition) is 2. The molecule has 0 aromatic rings. The molecule has 0 amide bonds. The van der Waals surface area contributed by atoms with Crippen molar-refractivity contribution in [3.05, 3.63) is 0 Å². The second-order valence-corrected chi connectivity index (χ2v) is 2.92. The Kier molecular flexibility index (Phi) is 13.2. The summed E-state index contributed by atoms with van der Waals surface area (Å²) in [6.07, 6.45) is 4.77. The molecule has 12 heavy (non-hydrogen) atoms. The minimum atomic E-state index is -0.886. The number of rotatable bonds is 6. The summed E-state index contributed by atoms with van der Waals surface area (Å²) in [5.41, 5.74) is 0. The van der Waals surface area contributed by atoms with E-state index >= 15 is 0 Å². The molecule has 1 unspecified atom stereocenters. The monoisotopic (exact) mass is 196 g/mol. The second-order valence-electron chi connectivity index (χ2n) is 2.92. The molecule has 66 valence electrons. The van der Waals surface area contributed by atoms with Crippen molar-refractivity contribution in [2.45, 2.75) is 46.0 Å². The summed E-state index contributed by atoms with van der Waals surface area (Å²) < 4.78 is 0.